The van der Waals surface area contributed by atoms with Gasteiger partial charge < -0.3 is 10.6 Å². The zero-order chi connectivity index (χ0) is 17.2. The average molecular weight is 339 g/mol. The summed E-state index contributed by atoms with van der Waals surface area (Å²) in [5, 5.41) is 5.54. The van der Waals surface area contributed by atoms with Crippen molar-refractivity contribution in [3.05, 3.63) is 28.8 Å². The number of hydrogen-bond donors (Lipinski definition) is 2. The van der Waals surface area contributed by atoms with Crippen molar-refractivity contribution < 1.29 is 13.2 Å². The Bertz CT molecular complexity index is 674. The highest BCUT2D eigenvalue weighted by molar-refractivity contribution is 7.92. The van der Waals surface area contributed by atoms with Gasteiger partial charge in [0.25, 0.3) is 0 Å². The molecule has 0 radical (unpaired) electrons. The molecule has 0 unspecified atom stereocenters. The molecule has 1 fully saturated rings. The van der Waals surface area contributed by atoms with Crippen molar-refractivity contribution in [1.29, 1.82) is 0 Å². The average Bonchev–Trinajstić information content (AvgIpc) is 3.18. The number of urea groups is 1. The molecule has 1 aromatic rings. The summed E-state index contributed by atoms with van der Waals surface area (Å²) in [7, 11) is -3.42. The maximum Gasteiger partial charge on any atom is 0.315 e. The van der Waals surface area contributed by atoms with Gasteiger partial charge in [-0.3, -0.25) is 4.31 Å². The van der Waals surface area contributed by atoms with Gasteiger partial charge in [0.1, 0.15) is 0 Å². The van der Waals surface area contributed by atoms with Crippen LogP contribution in [-0.2, 0) is 10.0 Å². The minimum absolute atomic E-state index is 0.210. The van der Waals surface area contributed by atoms with Gasteiger partial charge >= 0.3 is 6.03 Å². The summed E-state index contributed by atoms with van der Waals surface area (Å²) in [5.74, 6) is 0. The molecule has 0 aromatic heterocycles. The second kappa shape index (κ2) is 6.78. The van der Waals surface area contributed by atoms with Crippen molar-refractivity contribution in [2.45, 2.75) is 39.7 Å². The van der Waals surface area contributed by atoms with Crippen molar-refractivity contribution in [2.75, 3.05) is 23.7 Å². The molecule has 1 saturated carbocycles. The maximum atomic E-state index is 12.2. The Balaban J connectivity index is 2.10. The molecule has 0 heterocycles. The normalized spacial score (nSPS) is 14.4. The molecule has 0 bridgehead atoms. The van der Waals surface area contributed by atoms with Crippen molar-refractivity contribution >= 4 is 21.7 Å². The van der Waals surface area contributed by atoms with Crippen LogP contribution in [0.1, 0.15) is 29.5 Å². The topological polar surface area (TPSA) is 78.5 Å². The van der Waals surface area contributed by atoms with Crippen LogP contribution in [-0.4, -0.2) is 39.8 Å². The minimum Gasteiger partial charge on any atom is -0.336 e. The first-order valence-electron chi connectivity index (χ1n) is 7.78. The molecule has 1 aliphatic carbocycles. The summed E-state index contributed by atoms with van der Waals surface area (Å²) >= 11 is 0. The molecule has 128 valence electrons. The Kier molecular flexibility index (Phi) is 5.19. The number of anilines is 1. The van der Waals surface area contributed by atoms with E-state index in [9.17, 15) is 13.2 Å². The molecule has 23 heavy (non-hydrogen) atoms. The summed E-state index contributed by atoms with van der Waals surface area (Å²) in [6, 6.07) is 3.97. The molecule has 7 heteroatoms. The zero-order valence-electron chi connectivity index (χ0n) is 14.1. The highest BCUT2D eigenvalue weighted by Crippen LogP contribution is 2.27. The van der Waals surface area contributed by atoms with E-state index in [1.807, 2.05) is 32.9 Å². The van der Waals surface area contributed by atoms with Crippen LogP contribution in [0.4, 0.5) is 10.5 Å². The third kappa shape index (κ3) is 4.86. The molecule has 6 nitrogen and oxygen atoms in total. The van der Waals surface area contributed by atoms with E-state index < -0.39 is 10.0 Å². The van der Waals surface area contributed by atoms with Crippen LogP contribution >= 0.6 is 0 Å². The lowest BCUT2D eigenvalue weighted by molar-refractivity contribution is 0.241. The van der Waals surface area contributed by atoms with E-state index in [0.717, 1.165) is 29.5 Å². The van der Waals surface area contributed by atoms with Crippen LogP contribution in [0.3, 0.4) is 0 Å². The Hall–Kier alpha value is -1.76. The predicted molar refractivity (Wildman–Crippen MR) is 92.4 cm³/mol. The fourth-order valence-corrected chi connectivity index (χ4v) is 3.79. The number of rotatable bonds is 6. The van der Waals surface area contributed by atoms with Crippen LogP contribution in [0.15, 0.2) is 12.1 Å². The van der Waals surface area contributed by atoms with Crippen molar-refractivity contribution in [3.63, 3.8) is 0 Å². The van der Waals surface area contributed by atoms with E-state index in [1.54, 1.807) is 0 Å². The van der Waals surface area contributed by atoms with Gasteiger partial charge in [0.2, 0.25) is 10.0 Å². The minimum atomic E-state index is -3.42. The zero-order valence-corrected chi connectivity index (χ0v) is 15.0. The monoisotopic (exact) mass is 339 g/mol. The van der Waals surface area contributed by atoms with Crippen molar-refractivity contribution in [2.24, 2.45) is 0 Å². The second-order valence-electron chi connectivity index (χ2n) is 6.26. The Labute approximate surface area is 138 Å². The van der Waals surface area contributed by atoms with Crippen LogP contribution < -0.4 is 14.9 Å². The van der Waals surface area contributed by atoms with E-state index in [1.165, 1.54) is 10.6 Å². The number of benzene rings is 1. The first-order valence-corrected chi connectivity index (χ1v) is 9.63. The van der Waals surface area contributed by atoms with Gasteiger partial charge in [-0.2, -0.15) is 0 Å². The molecule has 1 aromatic carbocycles. The third-order valence-corrected chi connectivity index (χ3v) is 4.96. The lowest BCUT2D eigenvalue weighted by Gasteiger charge is -2.26. The van der Waals surface area contributed by atoms with E-state index in [4.69, 9.17) is 0 Å². The summed E-state index contributed by atoms with van der Waals surface area (Å²) < 4.78 is 25.7. The quantitative estimate of drug-likeness (QED) is 0.830. The maximum absolute atomic E-state index is 12.2. The third-order valence-electron chi connectivity index (χ3n) is 3.80. The lowest BCUT2D eigenvalue weighted by Crippen LogP contribution is -2.43. The van der Waals surface area contributed by atoms with Crippen LogP contribution in [0.5, 0.6) is 0 Å². The molecule has 2 amide bonds. The molecule has 2 rings (SSSR count). The lowest BCUT2D eigenvalue weighted by atomic mass is 10.1. The van der Waals surface area contributed by atoms with Gasteiger partial charge in [0, 0.05) is 12.6 Å². The Morgan fingerprint density at radius 2 is 1.78 bits per heavy atom. The van der Waals surface area contributed by atoms with Gasteiger partial charge in [0.05, 0.1) is 18.5 Å². The number of nitrogens with zero attached hydrogens (tertiary/aromatic N) is 1. The van der Waals surface area contributed by atoms with E-state index in [0.29, 0.717) is 5.69 Å². The fraction of sp³-hybridized carbons (Fsp3) is 0.562. The van der Waals surface area contributed by atoms with Crippen molar-refractivity contribution in [3.8, 4) is 0 Å². The van der Waals surface area contributed by atoms with Gasteiger partial charge in [-0.05, 0) is 44.7 Å². The standard InChI is InChI=1S/C16H25N3O3S/c1-11-9-12(2)15(13(3)10-11)19(23(4,21)22)8-7-17-16(20)18-14-5-6-14/h9-10,14H,5-8H2,1-4H3,(H2,17,18,20). The summed E-state index contributed by atoms with van der Waals surface area (Å²) in [4.78, 5) is 11.6. The Morgan fingerprint density at radius 3 is 2.26 bits per heavy atom. The van der Waals surface area contributed by atoms with Crippen LogP contribution in [0, 0.1) is 20.8 Å². The number of carbonyl (C=O) groups excluding carboxylic acids is 1. The van der Waals surface area contributed by atoms with Gasteiger partial charge in [-0.15, -0.1) is 0 Å². The first kappa shape index (κ1) is 17.6. The molecule has 0 spiro atoms. The van der Waals surface area contributed by atoms with E-state index in [2.05, 4.69) is 10.6 Å². The largest absolute Gasteiger partial charge is 0.336 e. The molecular formula is C16H25N3O3S. The van der Waals surface area contributed by atoms with Crippen LogP contribution in [0.2, 0.25) is 0 Å². The molecule has 2 N–H and O–H groups in total. The smallest absolute Gasteiger partial charge is 0.315 e. The molecule has 0 atom stereocenters. The van der Waals surface area contributed by atoms with Gasteiger partial charge in [0.15, 0.2) is 0 Å². The highest BCUT2D eigenvalue weighted by Gasteiger charge is 2.24. The predicted octanol–water partition coefficient (Wildman–Crippen LogP) is 1.84. The summed E-state index contributed by atoms with van der Waals surface area (Å²) in [6.45, 7) is 6.26. The van der Waals surface area contributed by atoms with E-state index in [-0.39, 0.29) is 25.2 Å². The molecule has 0 saturated heterocycles. The second-order valence-corrected chi connectivity index (χ2v) is 8.16. The number of nitrogens with one attached hydrogen (secondary N) is 2. The molecular weight excluding hydrogens is 314 g/mol. The molecule has 0 aliphatic heterocycles. The van der Waals surface area contributed by atoms with Crippen molar-refractivity contribution in [1.82, 2.24) is 10.6 Å². The van der Waals surface area contributed by atoms with E-state index >= 15 is 0 Å². The Morgan fingerprint density at radius 1 is 1.22 bits per heavy atom. The highest BCUT2D eigenvalue weighted by atomic mass is 32.2. The summed E-state index contributed by atoms with van der Waals surface area (Å²) in [5.41, 5.74) is 3.62. The summed E-state index contributed by atoms with van der Waals surface area (Å²) in [6.07, 6.45) is 3.23. The number of sulfonamides is 1. The van der Waals surface area contributed by atoms with Crippen LogP contribution in [0.25, 0.3) is 0 Å². The molecule has 1 aliphatic rings. The van der Waals surface area contributed by atoms with Gasteiger partial charge in [-0.25, -0.2) is 13.2 Å². The number of amides is 2. The SMILES string of the molecule is Cc1cc(C)c(N(CCNC(=O)NC2CC2)S(C)(=O)=O)c(C)c1. The first-order chi connectivity index (χ1) is 10.7. The van der Waals surface area contributed by atoms with Gasteiger partial charge in [-0.1, -0.05) is 17.7 Å². The number of aryl methyl sites for hydroxylation is 3. The number of hydrogen-bond acceptors (Lipinski definition) is 3. The fourth-order valence-electron chi connectivity index (χ4n) is 2.74. The number of carbonyl (C=O) groups is 1.